The second-order valence-corrected chi connectivity index (χ2v) is 6.23. The number of halogens is 4. The van der Waals surface area contributed by atoms with Crippen LogP contribution in [0.2, 0.25) is 0 Å². The Bertz CT molecular complexity index is 607. The van der Waals surface area contributed by atoms with Crippen LogP contribution in [0.5, 0.6) is 0 Å². The average Bonchev–Trinajstić information content (AvgIpc) is 2.92. The highest BCUT2D eigenvalue weighted by molar-refractivity contribution is 7.18. The number of carbonyl (C=O) groups excluding carboxylic acids is 1. The normalized spacial score (nSPS) is 10.8. The second-order valence-electron chi connectivity index (χ2n) is 5.12. The molecule has 9 heteroatoms. The van der Waals surface area contributed by atoms with Gasteiger partial charge in [0.2, 0.25) is 5.91 Å². The summed E-state index contributed by atoms with van der Waals surface area (Å²) in [7, 11) is 0. The fraction of sp³-hybridized carbons (Fsp3) is 0.467. The minimum Gasteiger partial charge on any atom is -0.350 e. The fourth-order valence-electron chi connectivity index (χ4n) is 1.98. The van der Waals surface area contributed by atoms with Gasteiger partial charge >= 0.3 is 0 Å². The number of carbonyl (C=O) groups is 1. The minimum atomic E-state index is -3.03. The van der Waals surface area contributed by atoms with Gasteiger partial charge in [-0.05, 0) is 31.4 Å². The molecule has 0 radical (unpaired) electrons. The molecule has 0 aliphatic heterocycles. The molecule has 0 saturated heterocycles. The van der Waals surface area contributed by atoms with Crippen LogP contribution >= 0.6 is 36.2 Å². The van der Waals surface area contributed by atoms with Crippen LogP contribution in [-0.2, 0) is 11.2 Å². The maximum Gasteiger partial charge on any atom is 0.277 e. The molecule has 136 valence electrons. The Labute approximate surface area is 156 Å². The van der Waals surface area contributed by atoms with E-state index in [1.165, 1.54) is 0 Å². The maximum absolute atomic E-state index is 12.9. The first-order valence-electron chi connectivity index (χ1n) is 7.19. The van der Waals surface area contributed by atoms with Crippen LogP contribution in [0.3, 0.4) is 0 Å². The molecule has 0 saturated carbocycles. The summed E-state index contributed by atoms with van der Waals surface area (Å²) in [5, 5.41) is 3.25. The van der Waals surface area contributed by atoms with Gasteiger partial charge in [-0.2, -0.15) is 0 Å². The van der Waals surface area contributed by atoms with Crippen molar-refractivity contribution < 1.29 is 13.6 Å². The molecule has 4 nitrogen and oxygen atoms in total. The predicted octanol–water partition coefficient (Wildman–Crippen LogP) is 3.56. The van der Waals surface area contributed by atoms with Crippen LogP contribution in [0.15, 0.2) is 24.3 Å². The average molecular weight is 400 g/mol. The molecule has 2 rings (SSSR count). The van der Waals surface area contributed by atoms with Gasteiger partial charge in [-0.15, -0.1) is 36.2 Å². The molecule has 1 aromatic carbocycles. The molecule has 1 amide bonds. The monoisotopic (exact) mass is 399 g/mol. The molecule has 1 aromatic heterocycles. The number of nitrogens with zero attached hydrogens (tertiary/aromatic N) is 1. The third-order valence-corrected chi connectivity index (χ3v) is 4.32. The van der Waals surface area contributed by atoms with Gasteiger partial charge in [0, 0.05) is 6.42 Å². The first-order valence-corrected chi connectivity index (χ1v) is 8.01. The summed E-state index contributed by atoms with van der Waals surface area (Å²) < 4.78 is 26.9. The smallest absolute Gasteiger partial charge is 0.277 e. The van der Waals surface area contributed by atoms with Crippen molar-refractivity contribution in [1.82, 2.24) is 10.3 Å². The highest BCUT2D eigenvalue weighted by Gasteiger charge is 2.26. The van der Waals surface area contributed by atoms with Crippen molar-refractivity contribution >= 4 is 52.3 Å². The van der Waals surface area contributed by atoms with Crippen LogP contribution in [0.1, 0.15) is 24.3 Å². The van der Waals surface area contributed by atoms with Gasteiger partial charge in [-0.1, -0.05) is 12.1 Å². The zero-order valence-electron chi connectivity index (χ0n) is 13.0. The maximum atomic E-state index is 12.9. The van der Waals surface area contributed by atoms with E-state index in [1.807, 2.05) is 24.3 Å². The summed E-state index contributed by atoms with van der Waals surface area (Å²) in [6, 6.07) is 7.93. The van der Waals surface area contributed by atoms with E-state index in [0.717, 1.165) is 28.1 Å². The van der Waals surface area contributed by atoms with Crippen molar-refractivity contribution in [2.75, 3.05) is 13.1 Å². The number of benzene rings is 1. The molecule has 0 fully saturated rings. The standard InChI is InChI=1S/C15H19F2N3OS.2ClH/c16-15(17,9-18)10-19-13(21)7-3-4-8-14-20-11-5-1-2-6-12(11)22-14;;/h1-2,5-6H,3-4,7-10,18H2,(H,19,21);2*1H. The number of hydrogen-bond donors (Lipinski definition) is 2. The Morgan fingerprint density at radius 3 is 2.62 bits per heavy atom. The highest BCUT2D eigenvalue weighted by atomic mass is 35.5. The summed E-state index contributed by atoms with van der Waals surface area (Å²) in [5.41, 5.74) is 5.89. The molecule has 0 unspecified atom stereocenters. The van der Waals surface area contributed by atoms with E-state index < -0.39 is 19.0 Å². The fourth-order valence-corrected chi connectivity index (χ4v) is 2.99. The Kier molecular flexibility index (Phi) is 10.3. The van der Waals surface area contributed by atoms with Crippen LogP contribution in [-0.4, -0.2) is 29.9 Å². The summed E-state index contributed by atoms with van der Waals surface area (Å²) in [6.07, 6.45) is 2.49. The summed E-state index contributed by atoms with van der Waals surface area (Å²) in [5.74, 6) is -3.39. The lowest BCUT2D eigenvalue weighted by molar-refractivity contribution is -0.123. The minimum absolute atomic E-state index is 0. The van der Waals surface area contributed by atoms with E-state index in [-0.39, 0.29) is 37.1 Å². The number of unbranched alkanes of at least 4 members (excludes halogenated alkanes) is 1. The van der Waals surface area contributed by atoms with E-state index in [4.69, 9.17) is 5.73 Å². The number of nitrogens with one attached hydrogen (secondary N) is 1. The Hall–Kier alpha value is -1.02. The zero-order chi connectivity index (χ0) is 16.0. The number of nitrogens with two attached hydrogens (primary N) is 1. The lowest BCUT2D eigenvalue weighted by atomic mass is 10.2. The van der Waals surface area contributed by atoms with E-state index >= 15 is 0 Å². The van der Waals surface area contributed by atoms with Crippen LogP contribution < -0.4 is 11.1 Å². The molecular formula is C15H21Cl2F2N3OS. The van der Waals surface area contributed by atoms with Crippen molar-refractivity contribution in [1.29, 1.82) is 0 Å². The molecule has 1 heterocycles. The molecule has 0 aliphatic rings. The molecule has 0 atom stereocenters. The van der Waals surface area contributed by atoms with Crippen LogP contribution in [0.25, 0.3) is 10.2 Å². The molecule has 2 aromatic rings. The van der Waals surface area contributed by atoms with Crippen LogP contribution in [0, 0.1) is 0 Å². The number of rotatable bonds is 8. The molecular weight excluding hydrogens is 379 g/mol. The molecule has 24 heavy (non-hydrogen) atoms. The van der Waals surface area contributed by atoms with Gasteiger partial charge in [0.15, 0.2) is 0 Å². The third-order valence-electron chi connectivity index (χ3n) is 3.23. The number of para-hydroxylation sites is 1. The number of fused-ring (bicyclic) bond motifs is 1. The lowest BCUT2D eigenvalue weighted by Crippen LogP contribution is -2.41. The van der Waals surface area contributed by atoms with E-state index in [1.54, 1.807) is 11.3 Å². The largest absolute Gasteiger partial charge is 0.350 e. The topological polar surface area (TPSA) is 68.0 Å². The van der Waals surface area contributed by atoms with E-state index in [2.05, 4.69) is 10.3 Å². The number of alkyl halides is 2. The van der Waals surface area contributed by atoms with Crippen LogP contribution in [0.4, 0.5) is 8.78 Å². The van der Waals surface area contributed by atoms with Gasteiger partial charge < -0.3 is 11.1 Å². The van der Waals surface area contributed by atoms with Gasteiger partial charge in [0.1, 0.15) is 0 Å². The number of amides is 1. The molecule has 0 bridgehead atoms. The number of aromatic nitrogens is 1. The lowest BCUT2D eigenvalue weighted by Gasteiger charge is -2.14. The highest BCUT2D eigenvalue weighted by Crippen LogP contribution is 2.22. The van der Waals surface area contributed by atoms with Crippen molar-refractivity contribution in [2.45, 2.75) is 31.6 Å². The quantitative estimate of drug-likeness (QED) is 0.666. The summed E-state index contributed by atoms with van der Waals surface area (Å²) in [6.45, 7) is -1.45. The van der Waals surface area contributed by atoms with Crippen molar-refractivity contribution in [3.8, 4) is 0 Å². The van der Waals surface area contributed by atoms with Gasteiger partial charge in [0.05, 0.1) is 28.3 Å². The Balaban J connectivity index is 0.00000264. The molecule has 3 N–H and O–H groups in total. The SMILES string of the molecule is Cl.Cl.NCC(F)(F)CNC(=O)CCCCc1nc2ccccc2s1. The van der Waals surface area contributed by atoms with Gasteiger partial charge in [0.25, 0.3) is 5.92 Å². The van der Waals surface area contributed by atoms with Gasteiger partial charge in [-0.25, -0.2) is 13.8 Å². The second kappa shape index (κ2) is 10.8. The zero-order valence-corrected chi connectivity index (χ0v) is 15.4. The van der Waals surface area contributed by atoms with Crippen molar-refractivity contribution in [3.05, 3.63) is 29.3 Å². The van der Waals surface area contributed by atoms with Crippen molar-refractivity contribution in [2.24, 2.45) is 5.73 Å². The van der Waals surface area contributed by atoms with Crippen molar-refractivity contribution in [3.63, 3.8) is 0 Å². The van der Waals surface area contributed by atoms with E-state index in [9.17, 15) is 13.6 Å². The molecule has 0 spiro atoms. The first kappa shape index (κ1) is 23.0. The van der Waals surface area contributed by atoms with E-state index in [0.29, 0.717) is 6.42 Å². The summed E-state index contributed by atoms with van der Waals surface area (Å²) in [4.78, 5) is 16.0. The predicted molar refractivity (Wildman–Crippen MR) is 98.7 cm³/mol. The Morgan fingerprint density at radius 1 is 1.25 bits per heavy atom. The summed E-state index contributed by atoms with van der Waals surface area (Å²) >= 11 is 1.65. The number of hydrogen-bond acceptors (Lipinski definition) is 4. The first-order chi connectivity index (χ1) is 10.5. The Morgan fingerprint density at radius 2 is 1.96 bits per heavy atom. The van der Waals surface area contributed by atoms with Gasteiger partial charge in [-0.3, -0.25) is 4.79 Å². The molecule has 0 aliphatic carbocycles. The number of aryl methyl sites for hydroxylation is 1. The number of thiazole rings is 1. The third kappa shape index (κ3) is 7.25.